The summed E-state index contributed by atoms with van der Waals surface area (Å²) in [5.41, 5.74) is 4.48. The Bertz CT molecular complexity index is 1150. The standard InChI is InChI=1S/C25H29N5O2S/c1-6-13-30-23(19(5)26-24(32)20-12-7-9-16(2)14-20)28-29-25(30)33-15-21(31)27-22-17(3)10-8-11-18(22)4/h6-12,14,19H,1,13,15H2,2-5H3,(H,26,32)(H,27,31)/t19-/m0/s1. The quantitative estimate of drug-likeness (QED) is 0.357. The number of nitrogens with one attached hydrogen (secondary N) is 2. The number of amides is 2. The van der Waals surface area contributed by atoms with Crippen LogP contribution < -0.4 is 10.6 Å². The summed E-state index contributed by atoms with van der Waals surface area (Å²) in [6.07, 6.45) is 1.74. The van der Waals surface area contributed by atoms with E-state index >= 15 is 0 Å². The number of nitrogens with zero attached hydrogens (tertiary/aromatic N) is 3. The van der Waals surface area contributed by atoms with Gasteiger partial charge in [-0.2, -0.15) is 0 Å². The lowest BCUT2D eigenvalue weighted by Crippen LogP contribution is -2.29. The SMILES string of the molecule is C=CCn1c(SCC(=O)Nc2c(C)cccc2C)nnc1[C@H](C)NC(=O)c1cccc(C)c1. The molecule has 0 aliphatic carbocycles. The Kier molecular flexibility index (Phi) is 8.06. The number of aromatic nitrogens is 3. The molecular weight excluding hydrogens is 434 g/mol. The van der Waals surface area contributed by atoms with Crippen LogP contribution in [0.1, 0.15) is 45.8 Å². The van der Waals surface area contributed by atoms with Crippen molar-refractivity contribution in [2.75, 3.05) is 11.1 Å². The number of rotatable bonds is 9. The number of carbonyl (C=O) groups is 2. The average Bonchev–Trinajstić information content (AvgIpc) is 3.18. The summed E-state index contributed by atoms with van der Waals surface area (Å²) in [6.45, 7) is 12.0. The third kappa shape index (κ3) is 6.10. The number of allylic oxidation sites excluding steroid dienone is 1. The molecule has 0 aliphatic heterocycles. The molecule has 2 N–H and O–H groups in total. The van der Waals surface area contributed by atoms with Crippen molar-refractivity contribution in [1.29, 1.82) is 0 Å². The molecule has 1 atom stereocenters. The second kappa shape index (κ2) is 11.0. The Morgan fingerprint density at radius 1 is 1.12 bits per heavy atom. The predicted molar refractivity (Wildman–Crippen MR) is 133 cm³/mol. The number of thioether (sulfide) groups is 1. The second-order valence-corrected chi connectivity index (χ2v) is 8.85. The molecule has 7 nitrogen and oxygen atoms in total. The van der Waals surface area contributed by atoms with E-state index in [9.17, 15) is 9.59 Å². The van der Waals surface area contributed by atoms with Crippen LogP contribution in [0.25, 0.3) is 0 Å². The van der Waals surface area contributed by atoms with Gasteiger partial charge in [-0.25, -0.2) is 0 Å². The van der Waals surface area contributed by atoms with Gasteiger partial charge in [0.2, 0.25) is 5.91 Å². The smallest absolute Gasteiger partial charge is 0.251 e. The van der Waals surface area contributed by atoms with Crippen LogP contribution in [0.2, 0.25) is 0 Å². The highest BCUT2D eigenvalue weighted by Crippen LogP contribution is 2.23. The summed E-state index contributed by atoms with van der Waals surface area (Å²) in [4.78, 5) is 25.2. The molecular formula is C25H29N5O2S. The van der Waals surface area contributed by atoms with Crippen LogP contribution in [0.15, 0.2) is 60.3 Å². The fourth-order valence-corrected chi connectivity index (χ4v) is 4.23. The lowest BCUT2D eigenvalue weighted by Gasteiger charge is -2.15. The average molecular weight is 464 g/mol. The molecule has 2 aromatic carbocycles. The fraction of sp³-hybridized carbons (Fsp3) is 0.280. The van der Waals surface area contributed by atoms with Crippen LogP contribution in [-0.2, 0) is 11.3 Å². The second-order valence-electron chi connectivity index (χ2n) is 7.91. The van der Waals surface area contributed by atoms with Crippen molar-refractivity contribution < 1.29 is 9.59 Å². The van der Waals surface area contributed by atoms with Crippen molar-refractivity contribution in [3.8, 4) is 0 Å². The normalized spacial score (nSPS) is 11.6. The monoisotopic (exact) mass is 463 g/mol. The van der Waals surface area contributed by atoms with E-state index in [0.717, 1.165) is 22.4 Å². The van der Waals surface area contributed by atoms with E-state index in [1.54, 1.807) is 12.1 Å². The summed E-state index contributed by atoms with van der Waals surface area (Å²) < 4.78 is 1.87. The number of hydrogen-bond acceptors (Lipinski definition) is 5. The minimum absolute atomic E-state index is 0.118. The number of benzene rings is 2. The zero-order valence-corrected chi connectivity index (χ0v) is 20.2. The lowest BCUT2D eigenvalue weighted by atomic mass is 10.1. The van der Waals surface area contributed by atoms with Crippen molar-refractivity contribution in [3.05, 3.63) is 83.2 Å². The molecule has 33 heavy (non-hydrogen) atoms. The van der Waals surface area contributed by atoms with Gasteiger partial charge in [-0.05, 0) is 51.0 Å². The first-order valence-corrected chi connectivity index (χ1v) is 11.7. The van der Waals surface area contributed by atoms with E-state index in [1.165, 1.54) is 11.8 Å². The van der Waals surface area contributed by atoms with Crippen LogP contribution in [0.3, 0.4) is 0 Å². The molecule has 8 heteroatoms. The minimum Gasteiger partial charge on any atom is -0.342 e. The molecule has 172 valence electrons. The third-order valence-electron chi connectivity index (χ3n) is 5.15. The third-order valence-corrected chi connectivity index (χ3v) is 6.12. The van der Waals surface area contributed by atoms with Crippen molar-refractivity contribution in [3.63, 3.8) is 0 Å². The van der Waals surface area contributed by atoms with Gasteiger partial charge in [0.1, 0.15) is 0 Å². The number of aryl methyl sites for hydroxylation is 3. The van der Waals surface area contributed by atoms with Gasteiger partial charge in [0.05, 0.1) is 11.8 Å². The lowest BCUT2D eigenvalue weighted by molar-refractivity contribution is -0.113. The molecule has 0 spiro atoms. The van der Waals surface area contributed by atoms with E-state index in [4.69, 9.17) is 0 Å². The molecule has 0 aliphatic rings. The first-order chi connectivity index (χ1) is 15.8. The maximum absolute atomic E-state index is 12.7. The van der Waals surface area contributed by atoms with E-state index in [-0.39, 0.29) is 23.6 Å². The Morgan fingerprint density at radius 3 is 2.48 bits per heavy atom. The molecule has 0 saturated carbocycles. The molecule has 3 rings (SSSR count). The maximum Gasteiger partial charge on any atom is 0.251 e. The van der Waals surface area contributed by atoms with E-state index in [0.29, 0.717) is 23.1 Å². The van der Waals surface area contributed by atoms with Crippen LogP contribution in [0.5, 0.6) is 0 Å². The predicted octanol–water partition coefficient (Wildman–Crippen LogP) is 4.61. The highest BCUT2D eigenvalue weighted by molar-refractivity contribution is 7.99. The summed E-state index contributed by atoms with van der Waals surface area (Å²) >= 11 is 1.30. The highest BCUT2D eigenvalue weighted by atomic mass is 32.2. The van der Waals surface area contributed by atoms with Gasteiger partial charge >= 0.3 is 0 Å². The summed E-state index contributed by atoms with van der Waals surface area (Å²) in [7, 11) is 0. The van der Waals surface area contributed by atoms with Gasteiger partial charge in [-0.15, -0.1) is 16.8 Å². The molecule has 0 fully saturated rings. The zero-order chi connectivity index (χ0) is 24.0. The van der Waals surface area contributed by atoms with E-state index in [1.807, 2.05) is 68.7 Å². The summed E-state index contributed by atoms with van der Waals surface area (Å²) in [5, 5.41) is 15.1. The zero-order valence-electron chi connectivity index (χ0n) is 19.4. The van der Waals surface area contributed by atoms with Gasteiger partial charge in [0.15, 0.2) is 11.0 Å². The van der Waals surface area contributed by atoms with Gasteiger partial charge in [0, 0.05) is 17.8 Å². The topological polar surface area (TPSA) is 88.9 Å². The molecule has 2 amide bonds. The van der Waals surface area contributed by atoms with Gasteiger partial charge in [0.25, 0.3) is 5.91 Å². The maximum atomic E-state index is 12.7. The number of carbonyl (C=O) groups excluding carboxylic acids is 2. The van der Waals surface area contributed by atoms with E-state index < -0.39 is 0 Å². The van der Waals surface area contributed by atoms with Crippen molar-refractivity contribution in [2.24, 2.45) is 0 Å². The van der Waals surface area contributed by atoms with Crippen LogP contribution in [0.4, 0.5) is 5.69 Å². The van der Waals surface area contributed by atoms with Crippen molar-refractivity contribution in [1.82, 2.24) is 20.1 Å². The Balaban J connectivity index is 1.69. The van der Waals surface area contributed by atoms with Crippen LogP contribution in [-0.4, -0.2) is 32.3 Å². The Hall–Kier alpha value is -3.39. The molecule has 0 saturated heterocycles. The van der Waals surface area contributed by atoms with E-state index in [2.05, 4.69) is 27.4 Å². The number of para-hydroxylation sites is 1. The minimum atomic E-state index is -0.372. The molecule has 0 unspecified atom stereocenters. The molecule has 0 radical (unpaired) electrons. The highest BCUT2D eigenvalue weighted by Gasteiger charge is 2.20. The molecule has 1 aromatic heterocycles. The number of anilines is 1. The first-order valence-electron chi connectivity index (χ1n) is 10.7. The van der Waals surface area contributed by atoms with Crippen molar-refractivity contribution >= 4 is 29.3 Å². The van der Waals surface area contributed by atoms with Crippen molar-refractivity contribution in [2.45, 2.75) is 45.4 Å². The number of hydrogen-bond donors (Lipinski definition) is 2. The van der Waals surface area contributed by atoms with Crippen LogP contribution in [0, 0.1) is 20.8 Å². The van der Waals surface area contributed by atoms with Crippen LogP contribution >= 0.6 is 11.8 Å². The Morgan fingerprint density at radius 2 is 1.82 bits per heavy atom. The summed E-state index contributed by atoms with van der Waals surface area (Å²) in [6, 6.07) is 12.9. The molecule has 1 heterocycles. The van der Waals surface area contributed by atoms with Gasteiger partial charge in [-0.3, -0.25) is 9.59 Å². The largest absolute Gasteiger partial charge is 0.342 e. The Labute approximate surface area is 198 Å². The first kappa shape index (κ1) is 24.3. The summed E-state index contributed by atoms with van der Waals surface area (Å²) in [5.74, 6) is 0.496. The van der Waals surface area contributed by atoms with Gasteiger partial charge in [-0.1, -0.05) is 53.7 Å². The van der Waals surface area contributed by atoms with Gasteiger partial charge < -0.3 is 15.2 Å². The molecule has 0 bridgehead atoms. The molecule has 3 aromatic rings. The fourth-order valence-electron chi connectivity index (χ4n) is 3.48.